The molecule has 88 valence electrons. The number of carbonyl (C=O) groups excluding carboxylic acids is 1. The first-order valence-corrected chi connectivity index (χ1v) is 5.53. The third-order valence-corrected chi connectivity index (χ3v) is 2.45. The van der Waals surface area contributed by atoms with E-state index in [9.17, 15) is 9.18 Å². The minimum Gasteiger partial charge on any atom is -0.268 e. The van der Waals surface area contributed by atoms with Crippen molar-refractivity contribution in [2.45, 2.75) is 26.4 Å². The summed E-state index contributed by atoms with van der Waals surface area (Å²) in [6.07, 6.45) is 0. The van der Waals surface area contributed by atoms with E-state index in [1.54, 1.807) is 20.8 Å². The van der Waals surface area contributed by atoms with Gasteiger partial charge in [0, 0.05) is 0 Å². The standard InChI is InChI=1S/C11H13BrFNO2/c1-11(2,3)16-14-10(15)7-5-4-6-8(13)9(7)12/h4-6H,1-3H3,(H,14,15). The molecule has 1 aromatic rings. The summed E-state index contributed by atoms with van der Waals surface area (Å²) >= 11 is 3.01. The number of hydroxylamine groups is 1. The SMILES string of the molecule is CC(C)(C)ONC(=O)c1cccc(F)c1Br. The Labute approximate surface area is 102 Å². The zero-order chi connectivity index (χ0) is 12.3. The van der Waals surface area contributed by atoms with Gasteiger partial charge in [0.15, 0.2) is 0 Å². The lowest BCUT2D eigenvalue weighted by Crippen LogP contribution is -2.33. The Balaban J connectivity index is 2.78. The molecule has 0 fully saturated rings. The Kier molecular flexibility index (Phi) is 4.04. The second kappa shape index (κ2) is 4.93. The van der Waals surface area contributed by atoms with Crippen LogP contribution in [0.25, 0.3) is 0 Å². The van der Waals surface area contributed by atoms with Gasteiger partial charge in [-0.05, 0) is 48.8 Å². The van der Waals surface area contributed by atoms with Crippen molar-refractivity contribution in [1.29, 1.82) is 0 Å². The van der Waals surface area contributed by atoms with Gasteiger partial charge >= 0.3 is 0 Å². The molecule has 0 aliphatic carbocycles. The van der Waals surface area contributed by atoms with E-state index in [1.165, 1.54) is 18.2 Å². The number of rotatable bonds is 2. The van der Waals surface area contributed by atoms with E-state index in [0.717, 1.165) is 0 Å². The van der Waals surface area contributed by atoms with Gasteiger partial charge in [0.05, 0.1) is 15.6 Å². The first-order valence-electron chi connectivity index (χ1n) is 4.73. The average molecular weight is 290 g/mol. The molecule has 5 heteroatoms. The highest BCUT2D eigenvalue weighted by atomic mass is 79.9. The van der Waals surface area contributed by atoms with Gasteiger partial charge in [-0.15, -0.1) is 0 Å². The Morgan fingerprint density at radius 2 is 2.06 bits per heavy atom. The molecule has 3 nitrogen and oxygen atoms in total. The molecule has 0 saturated heterocycles. The maximum absolute atomic E-state index is 13.1. The largest absolute Gasteiger partial charge is 0.276 e. The van der Waals surface area contributed by atoms with Crippen molar-refractivity contribution in [2.75, 3.05) is 0 Å². The molecule has 0 aliphatic rings. The van der Waals surface area contributed by atoms with E-state index in [0.29, 0.717) is 0 Å². The van der Waals surface area contributed by atoms with Crippen molar-refractivity contribution >= 4 is 21.8 Å². The van der Waals surface area contributed by atoms with Gasteiger partial charge in [-0.2, -0.15) is 0 Å². The number of carbonyl (C=O) groups is 1. The van der Waals surface area contributed by atoms with Gasteiger partial charge in [0.1, 0.15) is 5.82 Å². The van der Waals surface area contributed by atoms with Crippen LogP contribution in [0.5, 0.6) is 0 Å². The van der Waals surface area contributed by atoms with Crippen LogP contribution < -0.4 is 5.48 Å². The molecule has 1 amide bonds. The Morgan fingerprint density at radius 3 is 2.62 bits per heavy atom. The van der Waals surface area contributed by atoms with Crippen molar-refractivity contribution in [3.05, 3.63) is 34.1 Å². The van der Waals surface area contributed by atoms with Crippen LogP contribution in [0.15, 0.2) is 22.7 Å². The fraction of sp³-hybridized carbons (Fsp3) is 0.364. The predicted octanol–water partition coefficient (Wildman–Crippen LogP) is 3.05. The molecule has 0 bridgehead atoms. The molecule has 0 aromatic heterocycles. The van der Waals surface area contributed by atoms with E-state index in [-0.39, 0.29) is 10.0 Å². The Bertz CT molecular complexity index is 401. The van der Waals surface area contributed by atoms with Crippen molar-refractivity contribution in [1.82, 2.24) is 5.48 Å². The molecule has 0 aliphatic heterocycles. The minimum absolute atomic E-state index is 0.130. The third-order valence-electron chi connectivity index (χ3n) is 1.65. The molecule has 0 atom stereocenters. The predicted molar refractivity (Wildman–Crippen MR) is 62.4 cm³/mol. The molecule has 0 heterocycles. The van der Waals surface area contributed by atoms with E-state index in [2.05, 4.69) is 21.4 Å². The maximum atomic E-state index is 13.1. The van der Waals surface area contributed by atoms with Crippen molar-refractivity contribution < 1.29 is 14.0 Å². The summed E-state index contributed by atoms with van der Waals surface area (Å²) in [7, 11) is 0. The van der Waals surface area contributed by atoms with Crippen LogP contribution in [0.3, 0.4) is 0 Å². The molecule has 0 unspecified atom stereocenters. The summed E-state index contributed by atoms with van der Waals surface area (Å²) in [5, 5.41) is 0. The third kappa shape index (κ3) is 3.57. The van der Waals surface area contributed by atoms with Crippen LogP contribution in [0.2, 0.25) is 0 Å². The van der Waals surface area contributed by atoms with Crippen LogP contribution >= 0.6 is 15.9 Å². The highest BCUT2D eigenvalue weighted by Crippen LogP contribution is 2.20. The lowest BCUT2D eigenvalue weighted by molar-refractivity contribution is -0.0590. The zero-order valence-electron chi connectivity index (χ0n) is 9.30. The van der Waals surface area contributed by atoms with Crippen LogP contribution in [0.4, 0.5) is 4.39 Å². The van der Waals surface area contributed by atoms with Gasteiger partial charge < -0.3 is 0 Å². The highest BCUT2D eigenvalue weighted by molar-refractivity contribution is 9.10. The minimum atomic E-state index is -0.491. The fourth-order valence-corrected chi connectivity index (χ4v) is 1.38. The van der Waals surface area contributed by atoms with Gasteiger partial charge in [0.2, 0.25) is 0 Å². The normalized spacial score (nSPS) is 11.3. The molecule has 1 rings (SSSR count). The molecule has 1 N–H and O–H groups in total. The number of hydrogen-bond donors (Lipinski definition) is 1. The van der Waals surface area contributed by atoms with Crippen LogP contribution in [-0.2, 0) is 4.84 Å². The number of halogens is 2. The maximum Gasteiger partial charge on any atom is 0.276 e. The molecular weight excluding hydrogens is 277 g/mol. The second-order valence-corrected chi connectivity index (χ2v) is 5.04. The monoisotopic (exact) mass is 289 g/mol. The zero-order valence-corrected chi connectivity index (χ0v) is 10.9. The molecule has 0 radical (unpaired) electrons. The number of hydrogen-bond acceptors (Lipinski definition) is 2. The van der Waals surface area contributed by atoms with Crippen molar-refractivity contribution in [2.24, 2.45) is 0 Å². The van der Waals surface area contributed by atoms with E-state index in [1.807, 2.05) is 0 Å². The lowest BCUT2D eigenvalue weighted by Gasteiger charge is -2.19. The summed E-state index contributed by atoms with van der Waals surface area (Å²) in [4.78, 5) is 16.7. The molecule has 1 aromatic carbocycles. The first kappa shape index (κ1) is 13.1. The van der Waals surface area contributed by atoms with E-state index >= 15 is 0 Å². The number of nitrogens with one attached hydrogen (secondary N) is 1. The van der Waals surface area contributed by atoms with E-state index in [4.69, 9.17) is 4.84 Å². The summed E-state index contributed by atoms with van der Waals surface area (Å²) in [5.41, 5.74) is 1.98. The van der Waals surface area contributed by atoms with Gasteiger partial charge in [-0.3, -0.25) is 9.63 Å². The summed E-state index contributed by atoms with van der Waals surface area (Å²) in [6, 6.07) is 4.24. The van der Waals surface area contributed by atoms with Gasteiger partial charge in [-0.1, -0.05) is 6.07 Å². The second-order valence-electron chi connectivity index (χ2n) is 4.25. The Hall–Kier alpha value is -0.940. The molecule has 0 spiro atoms. The molecule has 16 heavy (non-hydrogen) atoms. The smallest absolute Gasteiger partial charge is 0.268 e. The lowest BCUT2D eigenvalue weighted by atomic mass is 10.2. The number of benzene rings is 1. The van der Waals surface area contributed by atoms with Crippen LogP contribution in [-0.4, -0.2) is 11.5 Å². The summed E-state index contributed by atoms with van der Waals surface area (Å²) in [6.45, 7) is 5.40. The van der Waals surface area contributed by atoms with Gasteiger partial charge in [0.25, 0.3) is 5.91 Å². The van der Waals surface area contributed by atoms with Crippen LogP contribution in [0.1, 0.15) is 31.1 Å². The van der Waals surface area contributed by atoms with Crippen LogP contribution in [0, 0.1) is 5.82 Å². The van der Waals surface area contributed by atoms with Crippen molar-refractivity contribution in [3.63, 3.8) is 0 Å². The summed E-state index contributed by atoms with van der Waals surface area (Å²) < 4.78 is 13.3. The Morgan fingerprint density at radius 1 is 1.44 bits per heavy atom. The highest BCUT2D eigenvalue weighted by Gasteiger charge is 2.16. The van der Waals surface area contributed by atoms with Gasteiger partial charge in [-0.25, -0.2) is 9.87 Å². The summed E-state index contributed by atoms with van der Waals surface area (Å²) in [5.74, 6) is -0.968. The molecular formula is C11H13BrFNO2. The first-order chi connectivity index (χ1) is 7.31. The number of amides is 1. The molecule has 0 saturated carbocycles. The topological polar surface area (TPSA) is 38.3 Å². The quantitative estimate of drug-likeness (QED) is 0.850. The fourth-order valence-electron chi connectivity index (χ4n) is 0.934. The average Bonchev–Trinajstić information content (AvgIpc) is 2.17. The van der Waals surface area contributed by atoms with E-state index < -0.39 is 17.3 Å². The van der Waals surface area contributed by atoms with Crippen molar-refractivity contribution in [3.8, 4) is 0 Å².